The molecule has 0 heterocycles. The van der Waals surface area contributed by atoms with Crippen molar-refractivity contribution in [3.05, 3.63) is 106 Å². The molecule has 9 N–H and O–H groups in total. The summed E-state index contributed by atoms with van der Waals surface area (Å²) in [5.41, 5.74) is 21.7. The van der Waals surface area contributed by atoms with E-state index in [0.717, 1.165) is 12.1 Å². The van der Waals surface area contributed by atoms with Crippen LogP contribution in [0.2, 0.25) is 0 Å². The number of methoxy groups -OCH3 is 2. The fourth-order valence-corrected chi connectivity index (χ4v) is 7.01. The van der Waals surface area contributed by atoms with Crippen molar-refractivity contribution in [1.82, 2.24) is 0 Å². The number of Topliss-reactive ketones (excluding diaryl/α,β-unsaturated/α-hetero) is 1. The second-order valence-electron chi connectivity index (χ2n) is 12.9. The fraction of sp³-hybridized carbons (Fsp3) is 0.105. The van der Waals surface area contributed by atoms with Crippen LogP contribution >= 0.6 is 0 Å². The Morgan fingerprint density at radius 2 is 1.15 bits per heavy atom. The van der Waals surface area contributed by atoms with Crippen molar-refractivity contribution >= 4 is 94.7 Å². The number of azo groups is 3. The highest BCUT2D eigenvalue weighted by atomic mass is 32.2. The summed E-state index contributed by atoms with van der Waals surface area (Å²) in [6.07, 6.45) is 0.770. The van der Waals surface area contributed by atoms with E-state index in [0.29, 0.717) is 45.3 Å². The number of hydrazone groups is 1. The molecule has 0 aliphatic heterocycles. The second-order valence-corrected chi connectivity index (χ2v) is 15.7. The molecule has 1 aliphatic rings. The summed E-state index contributed by atoms with van der Waals surface area (Å²) >= 11 is 0. The lowest BCUT2D eigenvalue weighted by Gasteiger charge is -2.20. The monoisotopic (exact) mass is 853 g/mol. The van der Waals surface area contributed by atoms with Crippen molar-refractivity contribution < 1.29 is 40.2 Å². The molecule has 5 aromatic carbocycles. The van der Waals surface area contributed by atoms with Gasteiger partial charge in [0.25, 0.3) is 20.2 Å². The van der Waals surface area contributed by atoms with Crippen LogP contribution in [0.3, 0.4) is 0 Å². The highest BCUT2D eigenvalue weighted by molar-refractivity contribution is 7.91. The number of rotatable bonds is 12. The number of fused-ring (bicyclic) bond motifs is 1. The van der Waals surface area contributed by atoms with Gasteiger partial charge in [0.15, 0.2) is 5.71 Å². The van der Waals surface area contributed by atoms with E-state index in [1.54, 1.807) is 62.4 Å². The SMILES string of the molecule is COc1cc(N=Nc2ccc(N)cc2)c(C)cc1N=Nc1c(S(=O)(=O)O)cc2c(c1N)C(=O)C(=NNc1cc(C)c(N=Nc3ccc(N)cc3)cc1OC)C(S(=O)(=O)O)=C2. The Hall–Kier alpha value is -7.40. The third kappa shape index (κ3) is 9.16. The lowest BCUT2D eigenvalue weighted by atomic mass is 9.92. The van der Waals surface area contributed by atoms with Crippen LogP contribution in [0, 0.1) is 13.8 Å². The number of hydrogen-bond acceptors (Lipinski definition) is 18. The summed E-state index contributed by atoms with van der Waals surface area (Å²) in [7, 11) is -7.67. The molecule has 0 spiro atoms. The molecule has 0 aromatic heterocycles. The Bertz CT molecular complexity index is 2930. The van der Waals surface area contributed by atoms with E-state index in [1.165, 1.54) is 38.5 Å². The Morgan fingerprint density at radius 3 is 1.67 bits per heavy atom. The number of ketones is 1. The van der Waals surface area contributed by atoms with E-state index in [4.69, 9.17) is 26.7 Å². The summed E-state index contributed by atoms with van der Waals surface area (Å²) in [6, 6.07) is 20.2. The molecule has 20 nitrogen and oxygen atoms in total. The van der Waals surface area contributed by atoms with Gasteiger partial charge in [0, 0.05) is 23.5 Å². The topological polar surface area (TPSA) is 321 Å². The van der Waals surface area contributed by atoms with E-state index in [1.807, 2.05) is 0 Å². The molecule has 0 saturated heterocycles. The number of ether oxygens (including phenoxy) is 2. The van der Waals surface area contributed by atoms with Gasteiger partial charge in [-0.3, -0.25) is 19.3 Å². The molecule has 60 heavy (non-hydrogen) atoms. The van der Waals surface area contributed by atoms with Crippen molar-refractivity contribution in [1.29, 1.82) is 0 Å². The number of nitrogens with two attached hydrogens (primary N) is 3. The number of nitrogen functional groups attached to an aromatic ring is 3. The van der Waals surface area contributed by atoms with Crippen molar-refractivity contribution in [2.24, 2.45) is 35.8 Å². The van der Waals surface area contributed by atoms with Crippen molar-refractivity contribution in [2.45, 2.75) is 18.7 Å². The van der Waals surface area contributed by atoms with Gasteiger partial charge in [-0.1, -0.05) is 0 Å². The number of carbonyl (C=O) groups excluding carboxylic acids is 1. The second kappa shape index (κ2) is 16.8. The molecule has 0 saturated carbocycles. The van der Waals surface area contributed by atoms with Crippen molar-refractivity contribution in [3.63, 3.8) is 0 Å². The predicted octanol–water partition coefficient (Wildman–Crippen LogP) is 8.45. The zero-order chi connectivity index (χ0) is 43.5. The van der Waals surface area contributed by atoms with Crippen LogP contribution in [0.4, 0.5) is 56.9 Å². The predicted molar refractivity (Wildman–Crippen MR) is 225 cm³/mol. The fourth-order valence-electron chi connectivity index (χ4n) is 5.68. The minimum atomic E-state index is -5.20. The number of hydrogen-bond donors (Lipinski definition) is 6. The molecule has 0 unspecified atom stereocenters. The van der Waals surface area contributed by atoms with Crippen LogP contribution in [0.25, 0.3) is 6.08 Å². The number of nitrogens with one attached hydrogen (secondary N) is 1. The largest absolute Gasteiger partial charge is 0.494 e. The van der Waals surface area contributed by atoms with Crippen LogP contribution < -0.4 is 32.1 Å². The van der Waals surface area contributed by atoms with Gasteiger partial charge in [-0.15, -0.1) is 10.2 Å². The minimum Gasteiger partial charge on any atom is -0.494 e. The molecule has 5 aromatic rings. The number of carbonyl (C=O) groups is 1. The van der Waals surface area contributed by atoms with Gasteiger partial charge in [-0.2, -0.15) is 42.4 Å². The van der Waals surface area contributed by atoms with Gasteiger partial charge in [0.05, 0.1) is 53.9 Å². The number of anilines is 4. The molecule has 1 aliphatic carbocycles. The van der Waals surface area contributed by atoms with Crippen LogP contribution in [0.15, 0.2) is 124 Å². The van der Waals surface area contributed by atoms with E-state index in [-0.39, 0.29) is 22.9 Å². The van der Waals surface area contributed by atoms with Crippen LogP contribution in [0.5, 0.6) is 11.5 Å². The first kappa shape index (κ1) is 42.2. The zero-order valence-corrected chi connectivity index (χ0v) is 33.6. The van der Waals surface area contributed by atoms with Gasteiger partial charge < -0.3 is 26.7 Å². The minimum absolute atomic E-state index is 0.0631. The average molecular weight is 854 g/mol. The molecule has 0 bridgehead atoms. The van der Waals surface area contributed by atoms with E-state index in [2.05, 4.69) is 41.2 Å². The molecule has 0 atom stereocenters. The Labute approximate surface area is 342 Å². The summed E-state index contributed by atoms with van der Waals surface area (Å²) in [6.45, 7) is 3.39. The number of nitrogens with zero attached hydrogens (tertiary/aromatic N) is 7. The van der Waals surface area contributed by atoms with Crippen molar-refractivity contribution in [3.8, 4) is 11.5 Å². The molecular formula is C38H35N11O9S2. The third-order valence-electron chi connectivity index (χ3n) is 8.75. The highest BCUT2D eigenvalue weighted by Crippen LogP contribution is 2.43. The Balaban J connectivity index is 1.39. The molecule has 0 fully saturated rings. The Kier molecular flexibility index (Phi) is 11.8. The molecular weight excluding hydrogens is 819 g/mol. The molecule has 22 heteroatoms. The summed E-state index contributed by atoms with van der Waals surface area (Å²) in [5.74, 6) is -0.889. The normalized spacial score (nSPS) is 13.9. The van der Waals surface area contributed by atoms with Crippen LogP contribution in [-0.2, 0) is 20.2 Å². The lowest BCUT2D eigenvalue weighted by Crippen LogP contribution is -2.28. The maximum atomic E-state index is 14.1. The van der Waals surface area contributed by atoms with Gasteiger partial charge in [0.2, 0.25) is 5.78 Å². The van der Waals surface area contributed by atoms with Crippen LogP contribution in [0.1, 0.15) is 27.0 Å². The first-order valence-electron chi connectivity index (χ1n) is 17.2. The highest BCUT2D eigenvalue weighted by Gasteiger charge is 2.37. The zero-order valence-electron chi connectivity index (χ0n) is 32.0. The summed E-state index contributed by atoms with van der Waals surface area (Å²) in [5, 5.41) is 29.1. The average Bonchev–Trinajstić information content (AvgIpc) is 3.19. The summed E-state index contributed by atoms with van der Waals surface area (Å²) < 4.78 is 81.9. The molecule has 308 valence electrons. The third-order valence-corrected chi connectivity index (χ3v) is 10.5. The maximum Gasteiger partial charge on any atom is 0.296 e. The quantitative estimate of drug-likeness (QED) is 0.0297. The molecule has 6 rings (SSSR count). The standard InChI is InChI=1S/C38H35N11O9S2/c1-19-13-28(30(57-3)17-26(19)44-42-24-9-5-22(39)6-10-24)46-48-36-32(59(51,52)53)15-21-16-33(60(54,55)56)37(38(50)34(21)35(36)41)49-47-29-14-20(2)27(18-31(29)58-4)45-43-25-11-7-23(40)8-12-25/h5-18,47H,39-41H2,1-4H3,(H,51,52,53)(H,54,55,56). The number of allylic oxidation sites excluding steroid dienone is 1. The first-order valence-corrected chi connectivity index (χ1v) is 20.1. The maximum absolute atomic E-state index is 14.1. The van der Waals surface area contributed by atoms with E-state index in [9.17, 15) is 30.7 Å². The number of aryl methyl sites for hydroxylation is 2. The lowest BCUT2D eigenvalue weighted by molar-refractivity contribution is 0.106. The van der Waals surface area contributed by atoms with Gasteiger partial charge >= 0.3 is 0 Å². The smallest absolute Gasteiger partial charge is 0.296 e. The van der Waals surface area contributed by atoms with Gasteiger partial charge in [-0.25, -0.2) is 0 Å². The van der Waals surface area contributed by atoms with E-state index >= 15 is 0 Å². The first-order chi connectivity index (χ1) is 28.4. The van der Waals surface area contributed by atoms with Crippen molar-refractivity contribution in [2.75, 3.05) is 36.8 Å². The molecule has 0 amide bonds. The number of benzene rings is 5. The molecule has 0 radical (unpaired) electrons. The van der Waals surface area contributed by atoms with Gasteiger partial charge in [-0.05, 0) is 103 Å². The Morgan fingerprint density at radius 1 is 0.633 bits per heavy atom. The van der Waals surface area contributed by atoms with E-state index < -0.39 is 64.0 Å². The van der Waals surface area contributed by atoms with Crippen LogP contribution in [-0.4, -0.2) is 51.7 Å². The summed E-state index contributed by atoms with van der Waals surface area (Å²) in [4.78, 5) is 12.2. The van der Waals surface area contributed by atoms with Gasteiger partial charge in [0.1, 0.15) is 32.7 Å².